The van der Waals surface area contributed by atoms with E-state index in [9.17, 15) is 9.59 Å². The van der Waals surface area contributed by atoms with Crippen LogP contribution >= 0.6 is 11.3 Å². The van der Waals surface area contributed by atoms with Crippen LogP contribution in [0.15, 0.2) is 71.4 Å². The van der Waals surface area contributed by atoms with Gasteiger partial charge in [-0.2, -0.15) is 11.3 Å². The van der Waals surface area contributed by atoms with Gasteiger partial charge in [0.15, 0.2) is 6.61 Å². The van der Waals surface area contributed by atoms with Crippen LogP contribution < -0.4 is 9.64 Å². The Balaban J connectivity index is 1.53. The number of ether oxygens (including phenoxy) is 2. The monoisotopic (exact) mass is 393 g/mol. The standard InChI is InChI=1S/C22H19NO4S/c24-21(14-27-22(25)12-16-10-11-28-15-16)23-18-8-4-5-9-20(18)26-13-19(23)17-6-2-1-3-7-17/h1-11,15,19H,12-14H2. The fraction of sp³-hybridized carbons (Fsp3) is 0.182. The van der Waals surface area contributed by atoms with Crippen molar-refractivity contribution in [3.05, 3.63) is 82.6 Å². The third kappa shape index (κ3) is 3.92. The van der Waals surface area contributed by atoms with Crippen molar-refractivity contribution in [1.82, 2.24) is 0 Å². The molecule has 2 heterocycles. The summed E-state index contributed by atoms with van der Waals surface area (Å²) in [7, 11) is 0. The highest BCUT2D eigenvalue weighted by molar-refractivity contribution is 7.08. The van der Waals surface area contributed by atoms with E-state index < -0.39 is 5.97 Å². The Kier molecular flexibility index (Phi) is 5.39. The summed E-state index contributed by atoms with van der Waals surface area (Å²) in [6.45, 7) is 0.0380. The van der Waals surface area contributed by atoms with Crippen molar-refractivity contribution in [2.75, 3.05) is 18.1 Å². The molecule has 1 aliphatic rings. The highest BCUT2D eigenvalue weighted by Gasteiger charge is 2.33. The van der Waals surface area contributed by atoms with Gasteiger partial charge in [-0.25, -0.2) is 0 Å². The SMILES string of the molecule is O=C(Cc1ccsc1)OCC(=O)N1c2ccccc2OCC1c1ccccc1. The van der Waals surface area contributed by atoms with Crippen LogP contribution in [0, 0.1) is 0 Å². The van der Waals surface area contributed by atoms with Crippen molar-refractivity contribution in [2.45, 2.75) is 12.5 Å². The van der Waals surface area contributed by atoms with Gasteiger partial charge in [-0.05, 0) is 40.1 Å². The Morgan fingerprint density at radius 3 is 2.64 bits per heavy atom. The van der Waals surface area contributed by atoms with E-state index in [1.165, 1.54) is 11.3 Å². The number of anilines is 1. The molecule has 142 valence electrons. The molecular weight excluding hydrogens is 374 g/mol. The molecule has 6 heteroatoms. The van der Waals surface area contributed by atoms with Gasteiger partial charge < -0.3 is 9.47 Å². The molecule has 5 nitrogen and oxygen atoms in total. The maximum absolute atomic E-state index is 13.0. The average Bonchev–Trinajstić information content (AvgIpc) is 3.24. The fourth-order valence-electron chi connectivity index (χ4n) is 3.24. The minimum Gasteiger partial charge on any atom is -0.489 e. The summed E-state index contributed by atoms with van der Waals surface area (Å²) in [6, 6.07) is 18.7. The number of carbonyl (C=O) groups is 2. The number of carbonyl (C=O) groups excluding carboxylic acids is 2. The van der Waals surface area contributed by atoms with Crippen molar-refractivity contribution >= 4 is 28.9 Å². The van der Waals surface area contributed by atoms with Crippen LogP contribution in [0.4, 0.5) is 5.69 Å². The van der Waals surface area contributed by atoms with Crippen molar-refractivity contribution in [3.8, 4) is 5.75 Å². The Morgan fingerprint density at radius 2 is 1.86 bits per heavy atom. The maximum atomic E-state index is 13.0. The smallest absolute Gasteiger partial charge is 0.310 e. The van der Waals surface area contributed by atoms with Gasteiger partial charge in [0.25, 0.3) is 5.91 Å². The number of fused-ring (bicyclic) bond motifs is 1. The number of thiophene rings is 1. The maximum Gasteiger partial charge on any atom is 0.310 e. The molecule has 0 N–H and O–H groups in total. The van der Waals surface area contributed by atoms with E-state index in [-0.39, 0.29) is 25.0 Å². The Morgan fingerprint density at radius 1 is 1.07 bits per heavy atom. The molecule has 0 bridgehead atoms. The highest BCUT2D eigenvalue weighted by Crippen LogP contribution is 2.39. The number of esters is 1. The molecular formula is C22H19NO4S. The van der Waals surface area contributed by atoms with Gasteiger partial charge in [-0.1, -0.05) is 42.5 Å². The molecule has 0 aliphatic carbocycles. The lowest BCUT2D eigenvalue weighted by atomic mass is 10.0. The number of hydrogen-bond acceptors (Lipinski definition) is 5. The Labute approximate surface area is 167 Å². The van der Waals surface area contributed by atoms with Gasteiger partial charge in [0.05, 0.1) is 18.2 Å². The van der Waals surface area contributed by atoms with E-state index in [0.717, 1.165) is 11.1 Å². The van der Waals surface area contributed by atoms with Crippen LogP contribution in [0.25, 0.3) is 0 Å². The summed E-state index contributed by atoms with van der Waals surface area (Å²) in [5.41, 5.74) is 2.54. The van der Waals surface area contributed by atoms with E-state index in [1.54, 1.807) is 4.90 Å². The number of nitrogens with zero attached hydrogens (tertiary/aromatic N) is 1. The predicted octanol–water partition coefficient (Wildman–Crippen LogP) is 4.00. The molecule has 1 unspecified atom stereocenters. The molecule has 28 heavy (non-hydrogen) atoms. The number of benzene rings is 2. The summed E-state index contributed by atoms with van der Waals surface area (Å²) in [6.07, 6.45) is 0.165. The summed E-state index contributed by atoms with van der Waals surface area (Å²) >= 11 is 1.52. The molecule has 2 aromatic carbocycles. The molecule has 0 saturated carbocycles. The van der Waals surface area contributed by atoms with Gasteiger partial charge in [0.1, 0.15) is 12.4 Å². The van der Waals surface area contributed by atoms with E-state index in [1.807, 2.05) is 71.4 Å². The lowest BCUT2D eigenvalue weighted by molar-refractivity contribution is -0.147. The van der Waals surface area contributed by atoms with Crippen molar-refractivity contribution < 1.29 is 19.1 Å². The highest BCUT2D eigenvalue weighted by atomic mass is 32.1. The first-order chi connectivity index (χ1) is 13.7. The minimum atomic E-state index is -0.412. The normalized spacial score (nSPS) is 15.4. The van der Waals surface area contributed by atoms with E-state index in [2.05, 4.69) is 0 Å². The molecule has 4 rings (SSSR count). The van der Waals surface area contributed by atoms with Crippen molar-refractivity contribution in [3.63, 3.8) is 0 Å². The number of amides is 1. The van der Waals surface area contributed by atoms with Crippen LogP contribution in [0.3, 0.4) is 0 Å². The van der Waals surface area contributed by atoms with Gasteiger partial charge >= 0.3 is 5.97 Å². The van der Waals surface area contributed by atoms with Crippen LogP contribution in [0.1, 0.15) is 17.2 Å². The molecule has 0 fully saturated rings. The van der Waals surface area contributed by atoms with E-state index >= 15 is 0 Å². The first kappa shape index (κ1) is 18.3. The zero-order valence-corrected chi connectivity index (χ0v) is 15.9. The quantitative estimate of drug-likeness (QED) is 0.615. The van der Waals surface area contributed by atoms with E-state index in [0.29, 0.717) is 18.0 Å². The van der Waals surface area contributed by atoms with Crippen LogP contribution in [0.2, 0.25) is 0 Å². The molecule has 1 aromatic heterocycles. The molecule has 0 spiro atoms. The van der Waals surface area contributed by atoms with Gasteiger partial charge in [-0.3, -0.25) is 14.5 Å². The molecule has 3 aromatic rings. The minimum absolute atomic E-state index is 0.165. The lowest BCUT2D eigenvalue weighted by Gasteiger charge is -2.37. The zero-order valence-electron chi connectivity index (χ0n) is 15.1. The average molecular weight is 393 g/mol. The third-order valence-electron chi connectivity index (χ3n) is 4.57. The summed E-state index contributed by atoms with van der Waals surface area (Å²) in [5.74, 6) is -0.0412. The second-order valence-electron chi connectivity index (χ2n) is 6.44. The van der Waals surface area contributed by atoms with E-state index in [4.69, 9.17) is 9.47 Å². The number of hydrogen-bond donors (Lipinski definition) is 0. The predicted molar refractivity (Wildman–Crippen MR) is 108 cm³/mol. The first-order valence-corrected chi connectivity index (χ1v) is 9.92. The molecule has 1 atom stereocenters. The van der Waals surface area contributed by atoms with Crippen LogP contribution in [-0.4, -0.2) is 25.1 Å². The fourth-order valence-corrected chi connectivity index (χ4v) is 3.91. The topological polar surface area (TPSA) is 55.8 Å². The molecule has 0 radical (unpaired) electrons. The lowest BCUT2D eigenvalue weighted by Crippen LogP contribution is -2.43. The molecule has 1 amide bonds. The van der Waals surface area contributed by atoms with Gasteiger partial charge in [-0.15, -0.1) is 0 Å². The zero-order chi connectivity index (χ0) is 19.3. The summed E-state index contributed by atoms with van der Waals surface area (Å²) in [4.78, 5) is 26.8. The van der Waals surface area contributed by atoms with Gasteiger partial charge in [0.2, 0.25) is 0 Å². The molecule has 0 saturated heterocycles. The van der Waals surface area contributed by atoms with Crippen LogP contribution in [-0.2, 0) is 20.7 Å². The van der Waals surface area contributed by atoms with Crippen molar-refractivity contribution in [1.29, 1.82) is 0 Å². The summed E-state index contributed by atoms with van der Waals surface area (Å²) in [5, 5.41) is 3.80. The second kappa shape index (κ2) is 8.27. The second-order valence-corrected chi connectivity index (χ2v) is 7.22. The number of para-hydroxylation sites is 2. The van der Waals surface area contributed by atoms with Gasteiger partial charge in [0, 0.05) is 0 Å². The Bertz CT molecular complexity index is 956. The molecule has 1 aliphatic heterocycles. The van der Waals surface area contributed by atoms with Crippen molar-refractivity contribution in [2.24, 2.45) is 0 Å². The summed E-state index contributed by atoms with van der Waals surface area (Å²) < 4.78 is 11.1. The number of rotatable bonds is 5. The first-order valence-electron chi connectivity index (χ1n) is 8.98. The largest absolute Gasteiger partial charge is 0.489 e. The third-order valence-corrected chi connectivity index (χ3v) is 5.30. The Hall–Kier alpha value is -3.12. The van der Waals surface area contributed by atoms with Crippen LogP contribution in [0.5, 0.6) is 5.75 Å².